The summed E-state index contributed by atoms with van der Waals surface area (Å²) in [7, 11) is 2.83. The molecule has 0 saturated carbocycles. The Hall–Kier alpha value is -2.61. The zero-order chi connectivity index (χ0) is 18.8. The van der Waals surface area contributed by atoms with Gasteiger partial charge in [0.25, 0.3) is 0 Å². The molecule has 0 unspecified atom stereocenters. The SMILES string of the molecule is COC(=O)[C@H](COC[C@@H]1CCC(OC)=N1)NC(=O)OCc1ccccc1. The molecule has 142 valence electrons. The van der Waals surface area contributed by atoms with Crippen LogP contribution in [0.15, 0.2) is 35.3 Å². The van der Waals surface area contributed by atoms with Crippen molar-refractivity contribution in [2.45, 2.75) is 31.5 Å². The first kappa shape index (κ1) is 19.7. The van der Waals surface area contributed by atoms with Crippen molar-refractivity contribution in [2.24, 2.45) is 4.99 Å². The number of carbonyl (C=O) groups excluding carboxylic acids is 2. The van der Waals surface area contributed by atoms with Gasteiger partial charge in [0, 0.05) is 6.42 Å². The number of ether oxygens (including phenoxy) is 4. The lowest BCUT2D eigenvalue weighted by atomic mass is 10.2. The Morgan fingerprint density at radius 2 is 2.04 bits per heavy atom. The third-order valence-corrected chi connectivity index (χ3v) is 3.84. The van der Waals surface area contributed by atoms with Gasteiger partial charge in [-0.25, -0.2) is 14.6 Å². The standard InChI is InChI=1S/C18H24N2O6/c1-23-16-9-8-14(19-16)11-25-12-15(17(21)24-2)20-18(22)26-10-13-6-4-3-5-7-13/h3-7,14-15H,8-12H2,1-2H3,(H,20,22)/t14-,15-/m0/s1. The molecule has 26 heavy (non-hydrogen) atoms. The molecule has 0 spiro atoms. The van der Waals surface area contributed by atoms with Crippen LogP contribution in [0, 0.1) is 0 Å². The maximum Gasteiger partial charge on any atom is 0.408 e. The van der Waals surface area contributed by atoms with E-state index in [0.717, 1.165) is 18.4 Å². The second-order valence-electron chi connectivity index (χ2n) is 5.74. The molecule has 1 aromatic rings. The van der Waals surface area contributed by atoms with Gasteiger partial charge in [-0.05, 0) is 12.0 Å². The lowest BCUT2D eigenvalue weighted by Crippen LogP contribution is -2.45. The summed E-state index contributed by atoms with van der Waals surface area (Å²) in [5.41, 5.74) is 0.849. The fourth-order valence-electron chi connectivity index (χ4n) is 2.44. The fourth-order valence-corrected chi connectivity index (χ4v) is 2.44. The number of amides is 1. The molecule has 2 rings (SSSR count). The molecule has 0 radical (unpaired) electrons. The first-order valence-electron chi connectivity index (χ1n) is 8.35. The van der Waals surface area contributed by atoms with E-state index >= 15 is 0 Å². The Labute approximate surface area is 152 Å². The van der Waals surface area contributed by atoms with Gasteiger partial charge in [0.05, 0.1) is 33.5 Å². The second kappa shape index (κ2) is 10.4. The Morgan fingerprint density at radius 1 is 1.27 bits per heavy atom. The molecule has 2 atom stereocenters. The Morgan fingerprint density at radius 3 is 2.69 bits per heavy atom. The molecule has 1 aromatic carbocycles. The molecule has 8 nitrogen and oxygen atoms in total. The average Bonchev–Trinajstić information content (AvgIpc) is 3.13. The van der Waals surface area contributed by atoms with Crippen LogP contribution in [0.3, 0.4) is 0 Å². The van der Waals surface area contributed by atoms with Crippen molar-refractivity contribution in [3.05, 3.63) is 35.9 Å². The summed E-state index contributed by atoms with van der Waals surface area (Å²) in [6.07, 6.45) is 0.890. The van der Waals surface area contributed by atoms with Gasteiger partial charge in [-0.1, -0.05) is 30.3 Å². The fraction of sp³-hybridized carbons (Fsp3) is 0.500. The Kier molecular flexibility index (Phi) is 7.88. The highest BCUT2D eigenvalue weighted by Gasteiger charge is 2.24. The van der Waals surface area contributed by atoms with E-state index in [1.54, 1.807) is 7.11 Å². The van der Waals surface area contributed by atoms with E-state index in [1.165, 1.54) is 7.11 Å². The summed E-state index contributed by atoms with van der Waals surface area (Å²) < 4.78 is 20.4. The van der Waals surface area contributed by atoms with E-state index in [2.05, 4.69) is 10.3 Å². The van der Waals surface area contributed by atoms with Crippen molar-refractivity contribution in [3.8, 4) is 0 Å². The van der Waals surface area contributed by atoms with Crippen LogP contribution in [-0.2, 0) is 30.3 Å². The van der Waals surface area contributed by atoms with Gasteiger partial charge < -0.3 is 24.3 Å². The smallest absolute Gasteiger partial charge is 0.408 e. The van der Waals surface area contributed by atoms with Crippen molar-refractivity contribution >= 4 is 18.0 Å². The summed E-state index contributed by atoms with van der Waals surface area (Å²) in [5, 5.41) is 2.46. The number of aliphatic imine (C=N–C) groups is 1. The Balaban J connectivity index is 1.76. The monoisotopic (exact) mass is 364 g/mol. The molecule has 8 heteroatoms. The number of rotatable bonds is 8. The first-order valence-corrected chi connectivity index (χ1v) is 8.35. The number of nitrogens with zero attached hydrogens (tertiary/aromatic N) is 1. The zero-order valence-electron chi connectivity index (χ0n) is 15.0. The lowest BCUT2D eigenvalue weighted by molar-refractivity contribution is -0.144. The largest absolute Gasteiger partial charge is 0.484 e. The summed E-state index contributed by atoms with van der Waals surface area (Å²) in [6, 6.07) is 8.29. The van der Waals surface area contributed by atoms with Crippen LogP contribution in [0.25, 0.3) is 0 Å². The molecule has 0 fully saturated rings. The normalized spacial score (nSPS) is 17.2. The number of benzene rings is 1. The quantitative estimate of drug-likeness (QED) is 0.705. The summed E-state index contributed by atoms with van der Waals surface area (Å²) in [6.45, 7) is 0.417. The van der Waals surface area contributed by atoms with E-state index in [4.69, 9.17) is 18.9 Å². The van der Waals surface area contributed by atoms with Crippen LogP contribution in [0.2, 0.25) is 0 Å². The third-order valence-electron chi connectivity index (χ3n) is 3.84. The minimum absolute atomic E-state index is 0.00622. The Bertz CT molecular complexity index is 619. The molecular formula is C18H24N2O6. The van der Waals surface area contributed by atoms with Crippen LogP contribution < -0.4 is 5.32 Å². The molecular weight excluding hydrogens is 340 g/mol. The molecule has 0 saturated heterocycles. The summed E-state index contributed by atoms with van der Waals surface area (Å²) in [5.74, 6) is 0.0971. The number of methoxy groups -OCH3 is 2. The zero-order valence-corrected chi connectivity index (χ0v) is 15.0. The highest BCUT2D eigenvalue weighted by molar-refractivity contribution is 5.81. The average molecular weight is 364 g/mol. The molecule has 1 aliphatic heterocycles. The number of carbonyl (C=O) groups is 2. The molecule has 0 aromatic heterocycles. The molecule has 0 bridgehead atoms. The predicted octanol–water partition coefficient (Wildman–Crippen LogP) is 1.68. The molecule has 1 aliphatic rings. The summed E-state index contributed by atoms with van der Waals surface area (Å²) >= 11 is 0. The van der Waals surface area contributed by atoms with Crippen LogP contribution in [0.1, 0.15) is 18.4 Å². The van der Waals surface area contributed by atoms with E-state index in [9.17, 15) is 9.59 Å². The van der Waals surface area contributed by atoms with Crippen molar-refractivity contribution in [1.29, 1.82) is 0 Å². The number of nitrogens with one attached hydrogen (secondary N) is 1. The first-order chi connectivity index (χ1) is 12.6. The van der Waals surface area contributed by atoms with Gasteiger partial charge in [0.1, 0.15) is 6.61 Å². The topological polar surface area (TPSA) is 95.5 Å². The van der Waals surface area contributed by atoms with Crippen molar-refractivity contribution < 1.29 is 28.5 Å². The van der Waals surface area contributed by atoms with Gasteiger partial charge in [-0.3, -0.25) is 0 Å². The van der Waals surface area contributed by atoms with Gasteiger partial charge in [-0.15, -0.1) is 0 Å². The van der Waals surface area contributed by atoms with Crippen molar-refractivity contribution in [2.75, 3.05) is 27.4 Å². The van der Waals surface area contributed by atoms with E-state index in [-0.39, 0.29) is 19.3 Å². The van der Waals surface area contributed by atoms with Crippen molar-refractivity contribution in [3.63, 3.8) is 0 Å². The third kappa shape index (κ3) is 6.36. The number of hydrogen-bond acceptors (Lipinski definition) is 7. The maximum absolute atomic E-state index is 11.9. The summed E-state index contributed by atoms with van der Waals surface area (Å²) in [4.78, 5) is 28.1. The molecule has 1 heterocycles. The van der Waals surface area contributed by atoms with Crippen LogP contribution in [0.4, 0.5) is 4.79 Å². The number of alkyl carbamates (subject to hydrolysis) is 1. The molecule has 1 N–H and O–H groups in total. The van der Waals surface area contributed by atoms with Crippen molar-refractivity contribution in [1.82, 2.24) is 5.32 Å². The van der Waals surface area contributed by atoms with Gasteiger partial charge in [-0.2, -0.15) is 0 Å². The highest BCUT2D eigenvalue weighted by atomic mass is 16.6. The van der Waals surface area contributed by atoms with E-state index in [1.807, 2.05) is 30.3 Å². The maximum atomic E-state index is 11.9. The highest BCUT2D eigenvalue weighted by Crippen LogP contribution is 2.14. The predicted molar refractivity (Wildman–Crippen MR) is 93.9 cm³/mol. The van der Waals surface area contributed by atoms with Crippen LogP contribution in [-0.4, -0.2) is 57.5 Å². The second-order valence-corrected chi connectivity index (χ2v) is 5.74. The van der Waals surface area contributed by atoms with Gasteiger partial charge >= 0.3 is 12.1 Å². The van der Waals surface area contributed by atoms with E-state index in [0.29, 0.717) is 12.5 Å². The minimum atomic E-state index is -0.949. The number of hydrogen-bond donors (Lipinski definition) is 1. The van der Waals surface area contributed by atoms with Gasteiger partial charge in [0.2, 0.25) is 0 Å². The molecule has 0 aliphatic carbocycles. The number of esters is 1. The van der Waals surface area contributed by atoms with Crippen LogP contribution >= 0.6 is 0 Å². The lowest BCUT2D eigenvalue weighted by Gasteiger charge is -2.17. The minimum Gasteiger partial charge on any atom is -0.484 e. The van der Waals surface area contributed by atoms with Gasteiger partial charge in [0.15, 0.2) is 11.9 Å². The molecule has 1 amide bonds. The van der Waals surface area contributed by atoms with Crippen LogP contribution in [0.5, 0.6) is 0 Å². The van der Waals surface area contributed by atoms with E-state index < -0.39 is 18.1 Å².